The molecular formula is C11H23NO. The lowest BCUT2D eigenvalue weighted by molar-refractivity contribution is 0.183. The first-order valence-electron chi connectivity index (χ1n) is 5.45. The van der Waals surface area contributed by atoms with Crippen molar-refractivity contribution in [3.05, 3.63) is 0 Å². The van der Waals surface area contributed by atoms with Crippen molar-refractivity contribution in [1.29, 1.82) is 0 Å². The van der Waals surface area contributed by atoms with E-state index >= 15 is 0 Å². The Morgan fingerprint density at radius 3 is 2.62 bits per heavy atom. The van der Waals surface area contributed by atoms with Crippen LogP contribution >= 0.6 is 0 Å². The van der Waals surface area contributed by atoms with Crippen LogP contribution in [0.2, 0.25) is 0 Å². The Balaban J connectivity index is 2.16. The quantitative estimate of drug-likeness (QED) is 0.613. The SMILES string of the molecule is CNC(CCCOC)C(C)C1CC1. The van der Waals surface area contributed by atoms with Gasteiger partial charge in [-0.2, -0.15) is 0 Å². The van der Waals surface area contributed by atoms with Crippen molar-refractivity contribution >= 4 is 0 Å². The van der Waals surface area contributed by atoms with Crippen molar-refractivity contribution in [2.24, 2.45) is 11.8 Å². The molecular weight excluding hydrogens is 162 g/mol. The molecule has 0 aromatic carbocycles. The van der Waals surface area contributed by atoms with Gasteiger partial charge in [0.25, 0.3) is 0 Å². The second kappa shape index (κ2) is 5.61. The van der Waals surface area contributed by atoms with Crippen LogP contribution in [0.5, 0.6) is 0 Å². The second-order valence-corrected chi connectivity index (χ2v) is 4.23. The average Bonchev–Trinajstić information content (AvgIpc) is 2.94. The van der Waals surface area contributed by atoms with E-state index < -0.39 is 0 Å². The number of ether oxygens (including phenoxy) is 1. The summed E-state index contributed by atoms with van der Waals surface area (Å²) in [6.07, 6.45) is 5.33. The first-order valence-corrected chi connectivity index (χ1v) is 5.45. The lowest BCUT2D eigenvalue weighted by Gasteiger charge is -2.23. The van der Waals surface area contributed by atoms with Crippen LogP contribution in [0.3, 0.4) is 0 Å². The third kappa shape index (κ3) is 3.65. The van der Waals surface area contributed by atoms with Crippen molar-refractivity contribution in [3.63, 3.8) is 0 Å². The Kier molecular flexibility index (Phi) is 4.74. The molecule has 0 radical (unpaired) electrons. The molecule has 2 unspecified atom stereocenters. The highest BCUT2D eigenvalue weighted by atomic mass is 16.5. The summed E-state index contributed by atoms with van der Waals surface area (Å²) >= 11 is 0. The van der Waals surface area contributed by atoms with Crippen LogP contribution in [0.15, 0.2) is 0 Å². The van der Waals surface area contributed by atoms with Gasteiger partial charge in [-0.15, -0.1) is 0 Å². The predicted octanol–water partition coefficient (Wildman–Crippen LogP) is 2.05. The molecule has 1 aliphatic rings. The molecule has 0 amide bonds. The van der Waals surface area contributed by atoms with Gasteiger partial charge in [0, 0.05) is 19.8 Å². The molecule has 0 saturated heterocycles. The number of methoxy groups -OCH3 is 1. The molecule has 13 heavy (non-hydrogen) atoms. The highest BCUT2D eigenvalue weighted by molar-refractivity contribution is 4.85. The minimum atomic E-state index is 0.697. The first kappa shape index (κ1) is 11.0. The van der Waals surface area contributed by atoms with Crippen LogP contribution in [0.4, 0.5) is 0 Å². The summed E-state index contributed by atoms with van der Waals surface area (Å²) in [4.78, 5) is 0. The molecule has 78 valence electrons. The van der Waals surface area contributed by atoms with Gasteiger partial charge in [-0.3, -0.25) is 0 Å². The number of nitrogens with one attached hydrogen (secondary N) is 1. The maximum Gasteiger partial charge on any atom is 0.0462 e. The van der Waals surface area contributed by atoms with Gasteiger partial charge in [-0.25, -0.2) is 0 Å². The van der Waals surface area contributed by atoms with Crippen molar-refractivity contribution < 1.29 is 4.74 Å². The zero-order valence-corrected chi connectivity index (χ0v) is 9.18. The Labute approximate surface area is 82.0 Å². The molecule has 0 aromatic rings. The summed E-state index contributed by atoms with van der Waals surface area (Å²) in [6, 6.07) is 0.697. The van der Waals surface area contributed by atoms with Crippen LogP contribution < -0.4 is 5.32 Å². The normalized spacial score (nSPS) is 21.5. The van der Waals surface area contributed by atoms with Gasteiger partial charge in [0.15, 0.2) is 0 Å². The van der Waals surface area contributed by atoms with E-state index in [1.807, 2.05) is 0 Å². The van der Waals surface area contributed by atoms with E-state index in [1.54, 1.807) is 7.11 Å². The van der Waals surface area contributed by atoms with Crippen LogP contribution in [0.25, 0.3) is 0 Å². The minimum absolute atomic E-state index is 0.697. The van der Waals surface area contributed by atoms with Gasteiger partial charge < -0.3 is 10.1 Å². The summed E-state index contributed by atoms with van der Waals surface area (Å²) in [7, 11) is 3.86. The number of rotatable bonds is 7. The molecule has 1 fully saturated rings. The third-order valence-electron chi connectivity index (χ3n) is 3.23. The van der Waals surface area contributed by atoms with Crippen molar-refractivity contribution in [3.8, 4) is 0 Å². The lowest BCUT2D eigenvalue weighted by atomic mass is 9.93. The molecule has 1 rings (SSSR count). The fraction of sp³-hybridized carbons (Fsp3) is 1.00. The van der Waals surface area contributed by atoms with E-state index in [2.05, 4.69) is 19.3 Å². The van der Waals surface area contributed by atoms with Gasteiger partial charge in [0.2, 0.25) is 0 Å². The Bertz CT molecular complexity index is 134. The smallest absolute Gasteiger partial charge is 0.0462 e. The van der Waals surface area contributed by atoms with Crippen LogP contribution in [-0.2, 0) is 4.74 Å². The van der Waals surface area contributed by atoms with Gasteiger partial charge >= 0.3 is 0 Å². The Hall–Kier alpha value is -0.0800. The van der Waals surface area contributed by atoms with E-state index in [9.17, 15) is 0 Å². The molecule has 0 bridgehead atoms. The highest BCUT2D eigenvalue weighted by Gasteiger charge is 2.32. The number of hydrogen-bond donors (Lipinski definition) is 1. The predicted molar refractivity (Wildman–Crippen MR) is 55.8 cm³/mol. The van der Waals surface area contributed by atoms with E-state index in [-0.39, 0.29) is 0 Å². The topological polar surface area (TPSA) is 21.3 Å². The largest absolute Gasteiger partial charge is 0.385 e. The Morgan fingerprint density at radius 2 is 2.15 bits per heavy atom. The van der Waals surface area contributed by atoms with Crippen molar-refractivity contribution in [1.82, 2.24) is 5.32 Å². The second-order valence-electron chi connectivity index (χ2n) is 4.23. The van der Waals surface area contributed by atoms with Crippen LogP contribution in [0.1, 0.15) is 32.6 Å². The van der Waals surface area contributed by atoms with E-state index in [0.717, 1.165) is 18.4 Å². The van der Waals surface area contributed by atoms with Crippen molar-refractivity contribution in [2.45, 2.75) is 38.6 Å². The molecule has 1 saturated carbocycles. The molecule has 2 heteroatoms. The molecule has 2 nitrogen and oxygen atoms in total. The van der Waals surface area contributed by atoms with Gasteiger partial charge in [0.05, 0.1) is 0 Å². The van der Waals surface area contributed by atoms with Crippen LogP contribution in [0, 0.1) is 11.8 Å². The lowest BCUT2D eigenvalue weighted by Crippen LogP contribution is -2.33. The van der Waals surface area contributed by atoms with E-state index in [4.69, 9.17) is 4.74 Å². The minimum Gasteiger partial charge on any atom is -0.385 e. The van der Waals surface area contributed by atoms with Crippen LogP contribution in [-0.4, -0.2) is 26.8 Å². The fourth-order valence-electron chi connectivity index (χ4n) is 2.07. The molecule has 2 atom stereocenters. The third-order valence-corrected chi connectivity index (χ3v) is 3.23. The van der Waals surface area contributed by atoms with E-state index in [0.29, 0.717) is 6.04 Å². The zero-order chi connectivity index (χ0) is 9.68. The van der Waals surface area contributed by atoms with Gasteiger partial charge in [-0.05, 0) is 44.6 Å². The zero-order valence-electron chi connectivity index (χ0n) is 9.18. The average molecular weight is 185 g/mol. The first-order chi connectivity index (χ1) is 6.29. The van der Waals surface area contributed by atoms with Crippen molar-refractivity contribution in [2.75, 3.05) is 20.8 Å². The number of hydrogen-bond acceptors (Lipinski definition) is 2. The summed E-state index contributed by atoms with van der Waals surface area (Å²) < 4.78 is 5.06. The summed E-state index contributed by atoms with van der Waals surface area (Å²) in [5.41, 5.74) is 0. The molecule has 1 aliphatic carbocycles. The summed E-state index contributed by atoms with van der Waals surface area (Å²) in [5, 5.41) is 3.43. The monoisotopic (exact) mass is 185 g/mol. The van der Waals surface area contributed by atoms with E-state index in [1.165, 1.54) is 25.7 Å². The molecule has 1 N–H and O–H groups in total. The fourth-order valence-corrected chi connectivity index (χ4v) is 2.07. The standard InChI is InChI=1S/C11H23NO/c1-9(10-6-7-10)11(12-2)5-4-8-13-3/h9-12H,4-8H2,1-3H3. The van der Waals surface area contributed by atoms with Gasteiger partial charge in [0.1, 0.15) is 0 Å². The maximum atomic E-state index is 5.06. The highest BCUT2D eigenvalue weighted by Crippen LogP contribution is 2.38. The molecule has 0 spiro atoms. The summed E-state index contributed by atoms with van der Waals surface area (Å²) in [5.74, 6) is 1.85. The molecule has 0 aromatic heterocycles. The summed E-state index contributed by atoms with van der Waals surface area (Å²) in [6.45, 7) is 3.28. The molecule has 0 heterocycles. The molecule has 0 aliphatic heterocycles. The maximum absolute atomic E-state index is 5.06. The van der Waals surface area contributed by atoms with Gasteiger partial charge in [-0.1, -0.05) is 6.92 Å². The Morgan fingerprint density at radius 1 is 1.46 bits per heavy atom.